The van der Waals surface area contributed by atoms with Crippen molar-refractivity contribution in [2.24, 2.45) is 0 Å². The van der Waals surface area contributed by atoms with Crippen LogP contribution < -0.4 is 0 Å². The van der Waals surface area contributed by atoms with E-state index >= 15 is 0 Å². The maximum Gasteiger partial charge on any atom is 0.397 e. The fourth-order valence-corrected chi connectivity index (χ4v) is 8.43. The Balaban J connectivity index is 2.33. The van der Waals surface area contributed by atoms with Crippen LogP contribution in [0.15, 0.2) is 24.3 Å². The minimum absolute atomic E-state index is 0.0346. The number of aliphatic hydroxyl groups is 3. The molecule has 0 amide bonds. The minimum Gasteiger partial charge on any atom is -0.457 e. The zero-order chi connectivity index (χ0) is 46.1. The number of rotatable bonds is 45. The second kappa shape index (κ2) is 42.0. The lowest BCUT2D eigenvalue weighted by Crippen LogP contribution is -2.60. The lowest BCUT2D eigenvalue weighted by atomic mass is 9.99. The highest BCUT2D eigenvalue weighted by Gasteiger charge is 2.48. The molecule has 0 aromatic heterocycles. The van der Waals surface area contributed by atoms with E-state index in [-0.39, 0.29) is 19.6 Å². The Hall–Kier alpha value is -1.42. The summed E-state index contributed by atoms with van der Waals surface area (Å²) in [4.78, 5) is 12.9. The number of aliphatic hydroxyl groups excluding tert-OH is 3. The molecule has 0 radical (unpaired) electrons. The van der Waals surface area contributed by atoms with Crippen LogP contribution in [-0.4, -0.2) is 97.5 Å². The van der Waals surface area contributed by atoms with E-state index in [0.29, 0.717) is 13.0 Å². The molecule has 6 atom stereocenters. The molecular weight excluding hydrogens is 825 g/mol. The van der Waals surface area contributed by atoms with Crippen LogP contribution in [0.4, 0.5) is 0 Å². The molecule has 0 saturated carbocycles. The molecule has 0 spiro atoms. The molecule has 1 fully saturated rings. The summed E-state index contributed by atoms with van der Waals surface area (Å²) >= 11 is 0. The Kier molecular flexibility index (Phi) is 39.7. The van der Waals surface area contributed by atoms with Gasteiger partial charge >= 0.3 is 16.4 Å². The first-order valence-electron chi connectivity index (χ1n) is 25.6. The SMILES string of the molecule is CCCC/C=C\C/C=C\CCCCCCCC(=O)OC(COCCCCCCCCCCCCCCCCCCCCCCCC)COC1OC(CO)C(O)C(OS(=O)(=O)O)C1O. The quantitative estimate of drug-likeness (QED) is 0.0197. The molecule has 4 N–H and O–H groups in total. The van der Waals surface area contributed by atoms with E-state index < -0.39 is 59.8 Å². The molecule has 0 aromatic carbocycles. The van der Waals surface area contributed by atoms with Crippen LogP contribution in [0.3, 0.4) is 0 Å². The molecule has 6 unspecified atom stereocenters. The number of carbonyl (C=O) groups is 1. The van der Waals surface area contributed by atoms with E-state index in [1.54, 1.807) is 0 Å². The third-order valence-corrected chi connectivity index (χ3v) is 12.3. The van der Waals surface area contributed by atoms with Crippen molar-refractivity contribution >= 4 is 16.4 Å². The summed E-state index contributed by atoms with van der Waals surface area (Å²) in [5.74, 6) is -0.409. The van der Waals surface area contributed by atoms with Crippen molar-refractivity contribution in [2.75, 3.05) is 26.4 Å². The standard InChI is InChI=1S/C50H94O12S/c1-3-5-7-9-11-13-15-17-19-20-21-22-23-24-25-26-28-30-32-34-36-38-40-58-42-44(43-59-50-48(54)49(62-63(55,56)57)47(53)45(41-51)61-50)60-46(52)39-37-35-33-31-29-27-18-16-14-12-10-8-6-4-2/h10,12,16,18,44-45,47-51,53-54H,3-9,11,13-15,17,19-43H2,1-2H3,(H,55,56,57)/b12-10-,18-16-. The number of allylic oxidation sites excluding steroid dienone is 4. The summed E-state index contributed by atoms with van der Waals surface area (Å²) in [6.45, 7) is 3.97. The number of hydrogen-bond acceptors (Lipinski definition) is 11. The Morgan fingerprint density at radius 2 is 1.06 bits per heavy atom. The monoisotopic (exact) mass is 919 g/mol. The average molecular weight is 919 g/mol. The van der Waals surface area contributed by atoms with Crippen LogP contribution in [0.25, 0.3) is 0 Å². The summed E-state index contributed by atoms with van der Waals surface area (Å²) in [6.07, 6.45) is 39.3. The summed E-state index contributed by atoms with van der Waals surface area (Å²) in [5.41, 5.74) is 0. The van der Waals surface area contributed by atoms with Crippen molar-refractivity contribution in [3.8, 4) is 0 Å². The minimum atomic E-state index is -5.06. The van der Waals surface area contributed by atoms with E-state index in [1.807, 2.05) is 0 Å². The van der Waals surface area contributed by atoms with Gasteiger partial charge in [-0.1, -0.05) is 205 Å². The van der Waals surface area contributed by atoms with Crippen molar-refractivity contribution in [1.29, 1.82) is 0 Å². The maximum absolute atomic E-state index is 12.9. The van der Waals surface area contributed by atoms with Gasteiger partial charge in [0.05, 0.1) is 19.8 Å². The largest absolute Gasteiger partial charge is 0.457 e. The summed E-state index contributed by atoms with van der Waals surface area (Å²) < 4.78 is 59.2. The van der Waals surface area contributed by atoms with Crippen LogP contribution in [-0.2, 0) is 38.3 Å². The highest BCUT2D eigenvalue weighted by Crippen LogP contribution is 2.26. The molecule has 0 aromatic rings. The van der Waals surface area contributed by atoms with Gasteiger partial charge in [0.1, 0.15) is 30.5 Å². The zero-order valence-corrected chi connectivity index (χ0v) is 40.7. The van der Waals surface area contributed by atoms with Crippen molar-refractivity contribution < 1.29 is 56.2 Å². The zero-order valence-electron chi connectivity index (χ0n) is 39.9. The molecule has 13 heteroatoms. The van der Waals surface area contributed by atoms with Gasteiger partial charge < -0.3 is 34.3 Å². The molecule has 1 rings (SSSR count). The van der Waals surface area contributed by atoms with Gasteiger partial charge in [0.25, 0.3) is 0 Å². The molecule has 12 nitrogen and oxygen atoms in total. The Morgan fingerprint density at radius 3 is 1.56 bits per heavy atom. The van der Waals surface area contributed by atoms with Crippen LogP contribution in [0.5, 0.6) is 0 Å². The molecule has 372 valence electrons. The Bertz CT molecular complexity index is 1200. The first-order valence-corrected chi connectivity index (χ1v) is 27.0. The summed E-state index contributed by atoms with van der Waals surface area (Å²) in [5, 5.41) is 30.7. The van der Waals surface area contributed by atoms with E-state index in [2.05, 4.69) is 42.3 Å². The number of hydrogen-bond donors (Lipinski definition) is 4. The summed E-state index contributed by atoms with van der Waals surface area (Å²) in [6, 6.07) is 0. The topological polar surface area (TPSA) is 178 Å². The number of esters is 1. The molecule has 1 saturated heterocycles. The number of unbranched alkanes of at least 4 members (excludes halogenated alkanes) is 28. The van der Waals surface area contributed by atoms with Gasteiger partial charge in [-0.3, -0.25) is 9.35 Å². The fraction of sp³-hybridized carbons (Fsp3) is 0.900. The van der Waals surface area contributed by atoms with Gasteiger partial charge in [0, 0.05) is 13.0 Å². The number of carbonyl (C=O) groups excluding carboxylic acids is 1. The first-order chi connectivity index (χ1) is 30.6. The molecule has 1 aliphatic heterocycles. The van der Waals surface area contributed by atoms with Crippen molar-refractivity contribution in [1.82, 2.24) is 0 Å². The number of ether oxygens (including phenoxy) is 4. The second-order valence-electron chi connectivity index (χ2n) is 17.8. The van der Waals surface area contributed by atoms with E-state index in [1.165, 1.54) is 135 Å². The molecule has 0 bridgehead atoms. The first kappa shape index (κ1) is 59.6. The average Bonchev–Trinajstić information content (AvgIpc) is 3.26. The van der Waals surface area contributed by atoms with Gasteiger partial charge in [0.2, 0.25) is 0 Å². The van der Waals surface area contributed by atoms with Crippen LogP contribution >= 0.6 is 0 Å². The van der Waals surface area contributed by atoms with Crippen molar-refractivity contribution in [3.05, 3.63) is 24.3 Å². The van der Waals surface area contributed by atoms with E-state index in [9.17, 15) is 33.1 Å². The van der Waals surface area contributed by atoms with Gasteiger partial charge in [-0.25, -0.2) is 4.18 Å². The lowest BCUT2D eigenvalue weighted by molar-refractivity contribution is -0.301. The van der Waals surface area contributed by atoms with Crippen molar-refractivity contribution in [2.45, 2.75) is 263 Å². The highest BCUT2D eigenvalue weighted by atomic mass is 32.3. The molecular formula is C50H94O12S. The van der Waals surface area contributed by atoms with E-state index in [0.717, 1.165) is 64.2 Å². The Morgan fingerprint density at radius 1 is 0.603 bits per heavy atom. The van der Waals surface area contributed by atoms with Gasteiger partial charge in [-0.15, -0.1) is 0 Å². The van der Waals surface area contributed by atoms with Gasteiger partial charge in [-0.2, -0.15) is 8.42 Å². The Labute approximate surface area is 384 Å². The molecule has 0 aliphatic carbocycles. The van der Waals surface area contributed by atoms with Crippen LogP contribution in [0.1, 0.15) is 226 Å². The molecule has 1 heterocycles. The highest BCUT2D eigenvalue weighted by molar-refractivity contribution is 7.80. The van der Waals surface area contributed by atoms with E-state index in [4.69, 9.17) is 18.9 Å². The third-order valence-electron chi connectivity index (χ3n) is 11.8. The molecule has 1 aliphatic rings. The maximum atomic E-state index is 12.9. The second-order valence-corrected chi connectivity index (χ2v) is 18.8. The normalized spacial score (nSPS) is 20.0. The van der Waals surface area contributed by atoms with Crippen LogP contribution in [0, 0.1) is 0 Å². The third kappa shape index (κ3) is 35.4. The fourth-order valence-electron chi connectivity index (χ4n) is 7.93. The smallest absolute Gasteiger partial charge is 0.397 e. The predicted molar refractivity (Wildman–Crippen MR) is 253 cm³/mol. The van der Waals surface area contributed by atoms with Crippen molar-refractivity contribution in [3.63, 3.8) is 0 Å². The lowest BCUT2D eigenvalue weighted by Gasteiger charge is -2.41. The van der Waals surface area contributed by atoms with Crippen LogP contribution in [0.2, 0.25) is 0 Å². The van der Waals surface area contributed by atoms with Gasteiger partial charge in [0.15, 0.2) is 6.29 Å². The summed E-state index contributed by atoms with van der Waals surface area (Å²) in [7, 11) is -5.06. The predicted octanol–water partition coefficient (Wildman–Crippen LogP) is 11.6. The molecule has 63 heavy (non-hydrogen) atoms. The van der Waals surface area contributed by atoms with Gasteiger partial charge in [-0.05, 0) is 38.5 Å².